The van der Waals surface area contributed by atoms with E-state index in [0.717, 1.165) is 58.5 Å². The van der Waals surface area contributed by atoms with Gasteiger partial charge in [0.1, 0.15) is 5.69 Å². The van der Waals surface area contributed by atoms with Gasteiger partial charge in [0, 0.05) is 32.4 Å². The molecule has 7 nitrogen and oxygen atoms in total. The van der Waals surface area contributed by atoms with Crippen LogP contribution >= 0.6 is 0 Å². The molecule has 0 saturated heterocycles. The summed E-state index contributed by atoms with van der Waals surface area (Å²) in [4.78, 5) is 13.1. The first kappa shape index (κ1) is 21.9. The van der Waals surface area contributed by atoms with E-state index < -0.39 is 4.92 Å². The third kappa shape index (κ3) is 8.28. The first-order chi connectivity index (χ1) is 12.6. The van der Waals surface area contributed by atoms with Gasteiger partial charge in [-0.2, -0.15) is 5.26 Å². The molecule has 1 aromatic rings. The van der Waals surface area contributed by atoms with Gasteiger partial charge >= 0.3 is 0 Å². The standard InChI is InChI=1S/C19H30N4O3/c1-3-10-22(12-6-14-26-13-4-2)11-5-9-21-18-15-17(16-20)7-8-19(18)23(24)25/h7-8,15,21H,3-6,9-14H2,1-2H3. The average molecular weight is 362 g/mol. The van der Waals surface area contributed by atoms with Crippen molar-refractivity contribution < 1.29 is 9.66 Å². The normalized spacial score (nSPS) is 10.7. The predicted molar refractivity (Wildman–Crippen MR) is 103 cm³/mol. The molecular formula is C19H30N4O3. The number of ether oxygens (including phenoxy) is 1. The van der Waals surface area contributed by atoms with Crippen molar-refractivity contribution in [2.75, 3.05) is 44.7 Å². The van der Waals surface area contributed by atoms with Gasteiger partial charge in [0.2, 0.25) is 0 Å². The highest BCUT2D eigenvalue weighted by molar-refractivity contribution is 5.64. The summed E-state index contributed by atoms with van der Waals surface area (Å²) in [5.74, 6) is 0. The van der Waals surface area contributed by atoms with Crippen LogP contribution in [0.15, 0.2) is 18.2 Å². The van der Waals surface area contributed by atoms with Crippen LogP contribution < -0.4 is 5.32 Å². The first-order valence-electron chi connectivity index (χ1n) is 9.34. The van der Waals surface area contributed by atoms with Gasteiger partial charge in [0.05, 0.1) is 16.6 Å². The van der Waals surface area contributed by atoms with Gasteiger partial charge in [-0.15, -0.1) is 0 Å². The molecule has 0 fully saturated rings. The van der Waals surface area contributed by atoms with E-state index in [9.17, 15) is 10.1 Å². The molecule has 0 radical (unpaired) electrons. The molecule has 0 aliphatic rings. The molecule has 1 N–H and O–H groups in total. The Labute approximate surface area is 156 Å². The lowest BCUT2D eigenvalue weighted by atomic mass is 10.2. The Kier molecular flexibility index (Phi) is 11.0. The first-order valence-corrected chi connectivity index (χ1v) is 9.34. The molecule has 0 atom stereocenters. The fraction of sp³-hybridized carbons (Fsp3) is 0.632. The molecule has 0 unspecified atom stereocenters. The molecule has 0 aromatic heterocycles. The summed E-state index contributed by atoms with van der Waals surface area (Å²) < 4.78 is 5.52. The summed E-state index contributed by atoms with van der Waals surface area (Å²) in [5.41, 5.74) is 0.823. The fourth-order valence-electron chi connectivity index (χ4n) is 2.72. The van der Waals surface area contributed by atoms with E-state index in [2.05, 4.69) is 24.1 Å². The maximum Gasteiger partial charge on any atom is 0.292 e. The van der Waals surface area contributed by atoms with E-state index in [-0.39, 0.29) is 5.69 Å². The van der Waals surface area contributed by atoms with Crippen LogP contribution in [-0.4, -0.2) is 49.2 Å². The topological polar surface area (TPSA) is 91.4 Å². The molecule has 0 saturated carbocycles. The van der Waals surface area contributed by atoms with Crippen molar-refractivity contribution in [3.05, 3.63) is 33.9 Å². The predicted octanol–water partition coefficient (Wildman–Crippen LogP) is 3.80. The molecule has 1 aromatic carbocycles. The van der Waals surface area contributed by atoms with Crippen molar-refractivity contribution >= 4 is 11.4 Å². The molecular weight excluding hydrogens is 332 g/mol. The second-order valence-corrected chi connectivity index (χ2v) is 6.19. The number of nitro benzene ring substituents is 1. The zero-order valence-electron chi connectivity index (χ0n) is 15.9. The smallest absolute Gasteiger partial charge is 0.292 e. The summed E-state index contributed by atoms with van der Waals surface area (Å²) in [6.07, 6.45) is 4.04. The van der Waals surface area contributed by atoms with E-state index in [1.165, 1.54) is 18.2 Å². The van der Waals surface area contributed by atoms with Crippen LogP contribution in [-0.2, 0) is 4.74 Å². The number of nitriles is 1. The number of nitrogens with one attached hydrogen (secondary N) is 1. The molecule has 144 valence electrons. The minimum Gasteiger partial charge on any atom is -0.381 e. The number of benzene rings is 1. The number of nitrogens with zero attached hydrogens (tertiary/aromatic N) is 3. The third-order valence-electron chi connectivity index (χ3n) is 3.94. The maximum absolute atomic E-state index is 11.1. The van der Waals surface area contributed by atoms with Crippen LogP contribution in [0.3, 0.4) is 0 Å². The maximum atomic E-state index is 11.1. The highest BCUT2D eigenvalue weighted by Gasteiger charge is 2.14. The van der Waals surface area contributed by atoms with Gasteiger partial charge < -0.3 is 15.0 Å². The molecule has 1 rings (SSSR count). The molecule has 0 amide bonds. The molecule has 0 heterocycles. The zero-order valence-corrected chi connectivity index (χ0v) is 15.9. The summed E-state index contributed by atoms with van der Waals surface area (Å²) in [6.45, 7) is 9.47. The van der Waals surface area contributed by atoms with Crippen molar-refractivity contribution in [1.29, 1.82) is 5.26 Å². The second kappa shape index (κ2) is 13.1. The Balaban J connectivity index is 2.43. The molecule has 0 aliphatic carbocycles. The second-order valence-electron chi connectivity index (χ2n) is 6.19. The molecule has 26 heavy (non-hydrogen) atoms. The van der Waals surface area contributed by atoms with Crippen molar-refractivity contribution in [1.82, 2.24) is 4.90 Å². The highest BCUT2D eigenvalue weighted by atomic mass is 16.6. The zero-order chi connectivity index (χ0) is 19.2. The highest BCUT2D eigenvalue weighted by Crippen LogP contribution is 2.25. The van der Waals surface area contributed by atoms with Crippen LogP contribution in [0.25, 0.3) is 0 Å². The van der Waals surface area contributed by atoms with E-state index in [1.54, 1.807) is 0 Å². The van der Waals surface area contributed by atoms with Crippen LogP contribution in [0, 0.1) is 21.4 Å². The van der Waals surface area contributed by atoms with Crippen molar-refractivity contribution in [2.24, 2.45) is 0 Å². The van der Waals surface area contributed by atoms with Gasteiger partial charge in [-0.05, 0) is 50.9 Å². The lowest BCUT2D eigenvalue weighted by molar-refractivity contribution is -0.384. The summed E-state index contributed by atoms with van der Waals surface area (Å²) in [5, 5.41) is 23.2. The van der Waals surface area contributed by atoms with Gasteiger partial charge in [0.25, 0.3) is 5.69 Å². The number of hydrogen-bond acceptors (Lipinski definition) is 6. The fourth-order valence-corrected chi connectivity index (χ4v) is 2.72. The summed E-state index contributed by atoms with van der Waals surface area (Å²) in [7, 11) is 0. The van der Waals surface area contributed by atoms with Gasteiger partial charge in [-0.25, -0.2) is 0 Å². The summed E-state index contributed by atoms with van der Waals surface area (Å²) in [6, 6.07) is 6.39. The van der Waals surface area contributed by atoms with Crippen molar-refractivity contribution in [3.63, 3.8) is 0 Å². The van der Waals surface area contributed by atoms with Gasteiger partial charge in [-0.1, -0.05) is 13.8 Å². The molecule has 0 aliphatic heterocycles. The van der Waals surface area contributed by atoms with E-state index in [1.807, 2.05) is 6.07 Å². The van der Waals surface area contributed by atoms with Crippen molar-refractivity contribution in [3.8, 4) is 6.07 Å². The van der Waals surface area contributed by atoms with E-state index >= 15 is 0 Å². The Morgan fingerprint density at radius 1 is 1.19 bits per heavy atom. The van der Waals surface area contributed by atoms with Crippen LogP contribution in [0.2, 0.25) is 0 Å². The third-order valence-corrected chi connectivity index (χ3v) is 3.94. The molecule has 0 spiro atoms. The van der Waals surface area contributed by atoms with E-state index in [4.69, 9.17) is 10.00 Å². The van der Waals surface area contributed by atoms with Crippen LogP contribution in [0.1, 0.15) is 45.1 Å². The lowest BCUT2D eigenvalue weighted by Gasteiger charge is -2.21. The Morgan fingerprint density at radius 3 is 2.62 bits per heavy atom. The SMILES string of the molecule is CCCOCCCN(CCC)CCCNc1cc(C#N)ccc1[N+](=O)[O-]. The number of rotatable bonds is 14. The quantitative estimate of drug-likeness (QED) is 0.307. The Bertz CT molecular complexity index is 587. The van der Waals surface area contributed by atoms with Gasteiger partial charge in [-0.3, -0.25) is 10.1 Å². The monoisotopic (exact) mass is 362 g/mol. The number of nitro groups is 1. The van der Waals surface area contributed by atoms with E-state index in [0.29, 0.717) is 17.8 Å². The number of anilines is 1. The van der Waals surface area contributed by atoms with Gasteiger partial charge in [0.15, 0.2) is 0 Å². The largest absolute Gasteiger partial charge is 0.381 e. The van der Waals surface area contributed by atoms with Crippen LogP contribution in [0.4, 0.5) is 11.4 Å². The van der Waals surface area contributed by atoms with Crippen LogP contribution in [0.5, 0.6) is 0 Å². The lowest BCUT2D eigenvalue weighted by Crippen LogP contribution is -2.29. The molecule has 7 heteroatoms. The number of hydrogen-bond donors (Lipinski definition) is 1. The van der Waals surface area contributed by atoms with Crippen molar-refractivity contribution in [2.45, 2.75) is 39.5 Å². The Morgan fingerprint density at radius 2 is 1.96 bits per heavy atom. The molecule has 0 bridgehead atoms. The Hall–Kier alpha value is -2.17. The minimum atomic E-state index is -0.427. The average Bonchev–Trinajstić information content (AvgIpc) is 2.64. The summed E-state index contributed by atoms with van der Waals surface area (Å²) >= 11 is 0. The minimum absolute atomic E-state index is 0.00230.